The summed E-state index contributed by atoms with van der Waals surface area (Å²) in [5.41, 5.74) is 7.49. The predicted molar refractivity (Wildman–Crippen MR) is 149 cm³/mol. The van der Waals surface area contributed by atoms with E-state index in [1.807, 2.05) is 0 Å². The van der Waals surface area contributed by atoms with Crippen molar-refractivity contribution in [3.8, 4) is 0 Å². The van der Waals surface area contributed by atoms with E-state index >= 15 is 0 Å². The van der Waals surface area contributed by atoms with Crippen molar-refractivity contribution in [2.24, 2.45) is 0 Å². The maximum absolute atomic E-state index is 10.6. The first-order valence-corrected chi connectivity index (χ1v) is 18.0. The smallest absolute Gasteiger partial charge is 0.475 e. The molecule has 4 saturated carbocycles. The van der Waals surface area contributed by atoms with Crippen molar-refractivity contribution >= 4 is 21.8 Å². The van der Waals surface area contributed by atoms with Gasteiger partial charge in [0, 0.05) is 20.4 Å². The zero-order valence-corrected chi connectivity index (χ0v) is 25.8. The van der Waals surface area contributed by atoms with Crippen molar-refractivity contribution in [2.75, 3.05) is 0 Å². The fourth-order valence-electron chi connectivity index (χ4n) is 7.20. The molecule has 38 heavy (non-hydrogen) atoms. The summed E-state index contributed by atoms with van der Waals surface area (Å²) in [6.07, 6.45) is 22.1. The number of rotatable bonds is 8. The first-order valence-electron chi connectivity index (χ1n) is 14.6. The monoisotopic (exact) mass is 661 g/mol. The van der Waals surface area contributed by atoms with E-state index in [1.165, 1.54) is 115 Å². The second kappa shape index (κ2) is 15.9. The second-order valence-corrected chi connectivity index (χ2v) is 17.2. The van der Waals surface area contributed by atoms with Gasteiger partial charge in [0.25, 0.3) is 0 Å². The van der Waals surface area contributed by atoms with Crippen LogP contribution in [0.25, 0.3) is 0 Å². The number of halogens is 3. The van der Waals surface area contributed by atoms with Crippen molar-refractivity contribution < 1.29 is 43.5 Å². The molecule has 0 aromatic heterocycles. The Hall–Kier alpha value is 0.00234. The zero-order chi connectivity index (χ0) is 26.3. The van der Waals surface area contributed by atoms with Crippen LogP contribution in [-0.2, 0) is 37.5 Å². The van der Waals surface area contributed by atoms with Crippen LogP contribution < -0.4 is 0 Å². The van der Waals surface area contributed by atoms with Crippen LogP contribution in [0.3, 0.4) is 0 Å². The molecule has 0 atom stereocenters. The molecule has 5 rings (SSSR count). The van der Waals surface area contributed by atoms with E-state index < -0.39 is 12.1 Å². The third-order valence-corrected chi connectivity index (χ3v) is 16.3. The minimum Gasteiger partial charge on any atom is -0.475 e. The maximum atomic E-state index is 10.6. The van der Waals surface area contributed by atoms with Crippen LogP contribution in [0.1, 0.15) is 114 Å². The third-order valence-electron chi connectivity index (χ3n) is 9.04. The Bertz CT molecular complexity index is 759. The zero-order valence-electron chi connectivity index (χ0n) is 22.5. The SMILES string of the molecule is O=C(O)C(F)(F)F.[Pd].[c-]1c(CP(C2CCCC2)C2CCCC2)cccc1CP(C1CCCC1)C1CCCC1. The molecule has 0 spiro atoms. The van der Waals surface area contributed by atoms with E-state index in [0.717, 1.165) is 22.6 Å². The summed E-state index contributed by atoms with van der Waals surface area (Å²) in [4.78, 5) is 8.90. The van der Waals surface area contributed by atoms with E-state index in [0.29, 0.717) is 0 Å². The number of carboxylic acid groups (broad SMARTS) is 1. The Balaban J connectivity index is 0.000000444. The van der Waals surface area contributed by atoms with E-state index in [4.69, 9.17) is 9.90 Å². The molecule has 1 N–H and O–H groups in total. The molecule has 0 bridgehead atoms. The molecule has 2 nitrogen and oxygen atoms in total. The number of aliphatic carboxylic acids is 1. The molecular formula is C30H44F3O2P2Pd-. The summed E-state index contributed by atoms with van der Waals surface area (Å²) >= 11 is 0. The van der Waals surface area contributed by atoms with E-state index in [9.17, 15) is 13.2 Å². The summed E-state index contributed by atoms with van der Waals surface area (Å²) in [5, 5.41) is 7.12. The largest absolute Gasteiger partial charge is 0.490 e. The maximum Gasteiger partial charge on any atom is 0.490 e. The molecule has 0 heterocycles. The van der Waals surface area contributed by atoms with Crippen LogP contribution in [0.15, 0.2) is 18.2 Å². The molecule has 0 aliphatic heterocycles. The van der Waals surface area contributed by atoms with Gasteiger partial charge in [-0.3, -0.25) is 0 Å². The molecule has 1 aromatic rings. The predicted octanol–water partition coefficient (Wildman–Crippen LogP) is 9.85. The summed E-state index contributed by atoms with van der Waals surface area (Å²) in [7, 11) is 0.370. The molecule has 218 valence electrons. The van der Waals surface area contributed by atoms with Crippen LogP contribution in [0.2, 0.25) is 0 Å². The second-order valence-electron chi connectivity index (χ2n) is 11.6. The Kier molecular flexibility index (Phi) is 13.6. The van der Waals surface area contributed by atoms with Crippen molar-refractivity contribution in [1.82, 2.24) is 0 Å². The normalized spacial score (nSPS) is 21.7. The Morgan fingerprint density at radius 2 is 0.974 bits per heavy atom. The summed E-state index contributed by atoms with van der Waals surface area (Å²) in [6, 6.07) is 11.3. The van der Waals surface area contributed by atoms with Gasteiger partial charge < -0.3 is 5.11 Å². The topological polar surface area (TPSA) is 37.3 Å². The number of benzene rings is 1. The molecule has 0 amide bonds. The van der Waals surface area contributed by atoms with Gasteiger partial charge in [-0.25, -0.2) is 4.79 Å². The molecular weight excluding hydrogens is 618 g/mol. The quantitative estimate of drug-likeness (QED) is 0.171. The number of alkyl halides is 3. The first-order chi connectivity index (χ1) is 17.8. The van der Waals surface area contributed by atoms with E-state index in [2.05, 4.69) is 24.3 Å². The van der Waals surface area contributed by atoms with Gasteiger partial charge in [-0.1, -0.05) is 67.2 Å². The van der Waals surface area contributed by atoms with Gasteiger partial charge in [0.2, 0.25) is 0 Å². The minimum atomic E-state index is -5.08. The Labute approximate surface area is 243 Å². The number of carbonyl (C=O) groups is 1. The Morgan fingerprint density at radius 1 is 0.711 bits per heavy atom. The summed E-state index contributed by atoms with van der Waals surface area (Å²) < 4.78 is 31.7. The van der Waals surface area contributed by atoms with Gasteiger partial charge in [-0.2, -0.15) is 48.6 Å². The average Bonchev–Trinajstić information content (AvgIpc) is 3.70. The van der Waals surface area contributed by atoms with Gasteiger partial charge in [-0.05, 0) is 86.3 Å². The summed E-state index contributed by atoms with van der Waals surface area (Å²) in [5.74, 6) is -2.76. The Morgan fingerprint density at radius 3 is 1.21 bits per heavy atom. The molecule has 4 fully saturated rings. The van der Waals surface area contributed by atoms with Crippen molar-refractivity contribution in [3.05, 3.63) is 35.4 Å². The van der Waals surface area contributed by atoms with E-state index in [1.54, 1.807) is 11.1 Å². The molecule has 0 unspecified atom stereocenters. The number of carboxylic acids is 1. The van der Waals surface area contributed by atoms with Gasteiger partial charge >= 0.3 is 12.1 Å². The molecule has 4 aliphatic carbocycles. The minimum absolute atomic E-state index is 0. The van der Waals surface area contributed by atoms with Crippen molar-refractivity contribution in [2.45, 2.75) is 144 Å². The fraction of sp³-hybridized carbons (Fsp3) is 0.767. The standard InChI is InChI=1S/C28H43P2.C2HF3O2.Pd/c1-2-13-25(12-1)29(26-14-3-4-15-26)21-23-10-9-11-24(20-23)22-30(27-16-5-6-17-27)28-18-7-8-19-28;3-2(4,5)1(6)7;/h9-11,25-28H,1-8,12-19,21-22H2;(H,6,7);/q-1;;. The number of hydrogen-bond acceptors (Lipinski definition) is 1. The fourth-order valence-corrected chi connectivity index (χ4v) is 14.7. The van der Waals surface area contributed by atoms with E-state index in [-0.39, 0.29) is 36.3 Å². The summed E-state index contributed by atoms with van der Waals surface area (Å²) in [6.45, 7) is 0. The van der Waals surface area contributed by atoms with Gasteiger partial charge in [0.05, 0.1) is 0 Å². The molecule has 0 radical (unpaired) electrons. The van der Waals surface area contributed by atoms with Gasteiger partial charge in [0.1, 0.15) is 0 Å². The average molecular weight is 662 g/mol. The van der Waals surface area contributed by atoms with Crippen LogP contribution in [0.5, 0.6) is 0 Å². The number of hydrogen-bond donors (Lipinski definition) is 1. The van der Waals surface area contributed by atoms with Crippen LogP contribution in [0.4, 0.5) is 13.2 Å². The van der Waals surface area contributed by atoms with Crippen molar-refractivity contribution in [3.63, 3.8) is 0 Å². The van der Waals surface area contributed by atoms with Crippen molar-refractivity contribution in [1.29, 1.82) is 0 Å². The molecule has 0 saturated heterocycles. The third kappa shape index (κ3) is 9.54. The van der Waals surface area contributed by atoms with Gasteiger partial charge in [-0.15, -0.1) is 0 Å². The molecule has 4 aliphatic rings. The van der Waals surface area contributed by atoms with Crippen LogP contribution in [0, 0.1) is 6.07 Å². The van der Waals surface area contributed by atoms with Gasteiger partial charge in [0.15, 0.2) is 0 Å². The molecule has 1 aromatic carbocycles. The van der Waals surface area contributed by atoms with Crippen LogP contribution >= 0.6 is 15.8 Å². The molecule has 8 heteroatoms. The van der Waals surface area contributed by atoms with Crippen LogP contribution in [-0.4, -0.2) is 39.9 Å². The first kappa shape index (κ1) is 32.5.